The zero-order valence-electron chi connectivity index (χ0n) is 27.6. The molecule has 4 heterocycles. The SMILES string of the molecule is CC(C)c1noc(N2CCC([C@H](C)CCOc3ccc4c(c3)CN(C(=O)OC(C)(C)C)[C@H](C(=O)N3CCC[C@H]3C#N)C4)CC2)n1. The van der Waals surface area contributed by atoms with E-state index in [1.807, 2.05) is 39.0 Å². The summed E-state index contributed by atoms with van der Waals surface area (Å²) in [6.07, 6.45) is 4.40. The van der Waals surface area contributed by atoms with Crippen LogP contribution in [-0.4, -0.2) is 75.9 Å². The van der Waals surface area contributed by atoms with Gasteiger partial charge in [0.1, 0.15) is 23.4 Å². The van der Waals surface area contributed by atoms with Crippen LogP contribution in [0.25, 0.3) is 0 Å². The molecule has 2 saturated heterocycles. The van der Waals surface area contributed by atoms with Gasteiger partial charge in [-0.05, 0) is 88.0 Å². The largest absolute Gasteiger partial charge is 0.494 e. The Morgan fingerprint density at radius 3 is 2.51 bits per heavy atom. The van der Waals surface area contributed by atoms with Gasteiger partial charge in [-0.25, -0.2) is 4.79 Å². The molecule has 5 rings (SSSR count). The zero-order chi connectivity index (χ0) is 32.3. The van der Waals surface area contributed by atoms with Crippen molar-refractivity contribution in [3.63, 3.8) is 0 Å². The van der Waals surface area contributed by atoms with Crippen molar-refractivity contribution in [2.24, 2.45) is 11.8 Å². The number of nitriles is 1. The number of fused-ring (bicyclic) bond motifs is 1. The number of hydrogen-bond acceptors (Lipinski definition) is 9. The Kier molecular flexibility index (Phi) is 9.90. The van der Waals surface area contributed by atoms with Crippen LogP contribution in [0.5, 0.6) is 5.75 Å². The summed E-state index contributed by atoms with van der Waals surface area (Å²) in [5, 5.41) is 13.7. The summed E-state index contributed by atoms with van der Waals surface area (Å²) in [7, 11) is 0. The lowest BCUT2D eigenvalue weighted by molar-refractivity contribution is -0.137. The van der Waals surface area contributed by atoms with Crippen molar-refractivity contribution < 1.29 is 23.6 Å². The molecule has 3 atom stereocenters. The fourth-order valence-electron chi connectivity index (χ4n) is 6.59. The van der Waals surface area contributed by atoms with Crippen LogP contribution in [0.1, 0.15) is 96.5 Å². The fraction of sp³-hybridized carbons (Fsp3) is 0.676. The second-order valence-corrected chi connectivity index (χ2v) is 14.1. The number of amides is 2. The Morgan fingerprint density at radius 1 is 1.09 bits per heavy atom. The first kappa shape index (κ1) is 32.6. The molecule has 0 spiro atoms. The lowest BCUT2D eigenvalue weighted by atomic mass is 9.84. The number of nitrogens with zero attached hydrogens (tertiary/aromatic N) is 6. The van der Waals surface area contributed by atoms with E-state index >= 15 is 0 Å². The van der Waals surface area contributed by atoms with E-state index in [0.29, 0.717) is 43.8 Å². The molecule has 0 unspecified atom stereocenters. The fourth-order valence-corrected chi connectivity index (χ4v) is 6.59. The molecule has 0 aliphatic carbocycles. The van der Waals surface area contributed by atoms with E-state index in [9.17, 15) is 14.9 Å². The molecule has 3 aliphatic heterocycles. The summed E-state index contributed by atoms with van der Waals surface area (Å²) in [4.78, 5) is 36.9. The molecule has 0 N–H and O–H groups in total. The summed E-state index contributed by atoms with van der Waals surface area (Å²) in [5.41, 5.74) is 1.26. The van der Waals surface area contributed by atoms with E-state index in [1.54, 1.807) is 4.90 Å². The summed E-state index contributed by atoms with van der Waals surface area (Å²) in [6.45, 7) is 15.1. The maximum absolute atomic E-state index is 13.7. The van der Waals surface area contributed by atoms with Crippen LogP contribution in [0.15, 0.2) is 22.7 Å². The summed E-state index contributed by atoms with van der Waals surface area (Å²) >= 11 is 0. The predicted octanol–water partition coefficient (Wildman–Crippen LogP) is 5.69. The maximum Gasteiger partial charge on any atom is 0.411 e. The van der Waals surface area contributed by atoms with Gasteiger partial charge in [0.2, 0.25) is 5.91 Å². The molecule has 2 fully saturated rings. The van der Waals surface area contributed by atoms with Gasteiger partial charge in [0.25, 0.3) is 0 Å². The molecular formula is C34H48N6O5. The maximum atomic E-state index is 13.7. The van der Waals surface area contributed by atoms with Gasteiger partial charge in [0.05, 0.1) is 19.2 Å². The average Bonchev–Trinajstić information content (AvgIpc) is 3.70. The van der Waals surface area contributed by atoms with E-state index in [4.69, 9.17) is 14.0 Å². The standard InChI is InChI=1S/C34H48N6O5/c1-22(2)30-36-32(45-37-30)38-15-11-24(12-16-38)23(3)13-17-43-28-10-9-25-19-29(31(41)39-14-7-8-27(39)20-35)40(21-26(25)18-28)33(42)44-34(4,5)6/h9-10,18,22-24,27,29H,7-8,11-17,19,21H2,1-6H3/t23-,27+,29+/m1/s1. The van der Waals surface area contributed by atoms with E-state index < -0.39 is 23.8 Å². The quantitative estimate of drug-likeness (QED) is 0.366. The van der Waals surface area contributed by atoms with E-state index in [2.05, 4.69) is 41.9 Å². The number of carbonyl (C=O) groups excluding carboxylic acids is 2. The monoisotopic (exact) mass is 620 g/mol. The minimum Gasteiger partial charge on any atom is -0.494 e. The molecule has 0 saturated carbocycles. The molecule has 0 bridgehead atoms. The van der Waals surface area contributed by atoms with Crippen molar-refractivity contribution in [2.45, 2.75) is 110 Å². The van der Waals surface area contributed by atoms with Gasteiger partial charge in [-0.3, -0.25) is 9.69 Å². The number of anilines is 1. The van der Waals surface area contributed by atoms with E-state index in [-0.39, 0.29) is 18.4 Å². The Bertz CT molecular complexity index is 1390. The van der Waals surface area contributed by atoms with Gasteiger partial charge in [-0.15, -0.1) is 0 Å². The van der Waals surface area contributed by atoms with Gasteiger partial charge in [-0.2, -0.15) is 10.2 Å². The van der Waals surface area contributed by atoms with Crippen LogP contribution < -0.4 is 9.64 Å². The minimum atomic E-state index is -0.711. The number of aromatic nitrogens is 2. The van der Waals surface area contributed by atoms with Gasteiger partial charge in [0.15, 0.2) is 5.82 Å². The molecule has 244 valence electrons. The Balaban J connectivity index is 1.18. The highest BCUT2D eigenvalue weighted by molar-refractivity contribution is 5.87. The van der Waals surface area contributed by atoms with Gasteiger partial charge in [0, 0.05) is 32.0 Å². The number of rotatable bonds is 8. The Labute approximate surface area is 266 Å². The Morgan fingerprint density at radius 2 is 1.84 bits per heavy atom. The van der Waals surface area contributed by atoms with Crippen molar-refractivity contribution in [2.75, 3.05) is 31.1 Å². The highest BCUT2D eigenvalue weighted by Crippen LogP contribution is 2.32. The first-order valence-electron chi connectivity index (χ1n) is 16.5. The molecule has 0 radical (unpaired) electrons. The summed E-state index contributed by atoms with van der Waals surface area (Å²) in [6, 6.07) is 7.66. The van der Waals surface area contributed by atoms with E-state index in [0.717, 1.165) is 61.5 Å². The second kappa shape index (κ2) is 13.7. The third-order valence-electron chi connectivity index (χ3n) is 9.31. The second-order valence-electron chi connectivity index (χ2n) is 14.1. The molecular weight excluding hydrogens is 572 g/mol. The van der Waals surface area contributed by atoms with Crippen molar-refractivity contribution in [1.82, 2.24) is 19.9 Å². The normalized spacial score (nSPS) is 21.4. The molecule has 1 aromatic carbocycles. The molecule has 2 aromatic rings. The van der Waals surface area contributed by atoms with Gasteiger partial charge < -0.3 is 23.8 Å². The molecule has 3 aliphatic rings. The number of ether oxygens (including phenoxy) is 2. The van der Waals surface area contributed by atoms with Crippen LogP contribution in [-0.2, 0) is 22.5 Å². The van der Waals surface area contributed by atoms with E-state index in [1.165, 1.54) is 4.90 Å². The summed E-state index contributed by atoms with van der Waals surface area (Å²) < 4.78 is 17.4. The van der Waals surface area contributed by atoms with Crippen molar-refractivity contribution >= 4 is 18.0 Å². The average molecular weight is 621 g/mol. The number of likely N-dealkylation sites (tertiary alicyclic amines) is 1. The highest BCUT2D eigenvalue weighted by Gasteiger charge is 2.42. The number of piperidine rings is 1. The van der Waals surface area contributed by atoms with Crippen molar-refractivity contribution in [3.05, 3.63) is 35.2 Å². The van der Waals surface area contributed by atoms with Crippen molar-refractivity contribution in [1.29, 1.82) is 5.26 Å². The molecule has 11 heteroatoms. The third-order valence-corrected chi connectivity index (χ3v) is 9.31. The van der Waals surface area contributed by atoms with Crippen molar-refractivity contribution in [3.8, 4) is 11.8 Å². The lowest BCUT2D eigenvalue weighted by Gasteiger charge is -2.39. The smallest absolute Gasteiger partial charge is 0.411 e. The topological polar surface area (TPSA) is 125 Å². The molecule has 11 nitrogen and oxygen atoms in total. The highest BCUT2D eigenvalue weighted by atomic mass is 16.6. The van der Waals surface area contributed by atoms with Gasteiger partial charge >= 0.3 is 12.1 Å². The van der Waals surface area contributed by atoms with Crippen LogP contribution in [0.4, 0.5) is 10.8 Å². The summed E-state index contributed by atoms with van der Waals surface area (Å²) in [5.74, 6) is 2.68. The van der Waals surface area contributed by atoms with Gasteiger partial charge in [-0.1, -0.05) is 32.0 Å². The number of carbonyl (C=O) groups is 2. The van der Waals surface area contributed by atoms with Crippen LogP contribution >= 0.6 is 0 Å². The third kappa shape index (κ3) is 7.71. The lowest BCUT2D eigenvalue weighted by Crippen LogP contribution is -2.55. The molecule has 2 amide bonds. The molecule has 45 heavy (non-hydrogen) atoms. The minimum absolute atomic E-state index is 0.187. The first-order chi connectivity index (χ1) is 21.4. The predicted molar refractivity (Wildman–Crippen MR) is 169 cm³/mol. The van der Waals surface area contributed by atoms with Crippen LogP contribution in [0, 0.1) is 23.2 Å². The molecule has 1 aromatic heterocycles. The number of benzene rings is 1. The Hall–Kier alpha value is -3.81. The van der Waals surface area contributed by atoms with Crippen LogP contribution in [0.2, 0.25) is 0 Å². The first-order valence-corrected chi connectivity index (χ1v) is 16.5. The van der Waals surface area contributed by atoms with Crippen LogP contribution in [0.3, 0.4) is 0 Å². The zero-order valence-corrected chi connectivity index (χ0v) is 27.6. The number of hydrogen-bond donors (Lipinski definition) is 0.